The van der Waals surface area contributed by atoms with Crippen LogP contribution in [0.1, 0.15) is 56.2 Å². The van der Waals surface area contributed by atoms with Crippen molar-refractivity contribution < 1.29 is 4.79 Å². The smallest absolute Gasteiger partial charge is 0.220 e. The average Bonchev–Trinajstić information content (AvgIpc) is 2.92. The van der Waals surface area contributed by atoms with Crippen molar-refractivity contribution in [2.75, 3.05) is 13.1 Å². The molecule has 2 aliphatic rings. The van der Waals surface area contributed by atoms with Gasteiger partial charge in [0, 0.05) is 42.4 Å². The molecule has 1 aromatic rings. The Bertz CT molecular complexity index is 591. The maximum absolute atomic E-state index is 12.3. The topological polar surface area (TPSA) is 91.0 Å². The zero-order chi connectivity index (χ0) is 17.8. The van der Waals surface area contributed by atoms with Crippen LogP contribution in [0, 0.1) is 6.92 Å². The first-order valence-electron chi connectivity index (χ1n) is 9.38. The van der Waals surface area contributed by atoms with Gasteiger partial charge in [-0.3, -0.25) is 15.6 Å². The summed E-state index contributed by atoms with van der Waals surface area (Å²) in [4.78, 5) is 21.7. The van der Waals surface area contributed by atoms with Crippen LogP contribution in [0.4, 0.5) is 0 Å². The molecule has 2 saturated heterocycles. The van der Waals surface area contributed by atoms with Crippen molar-refractivity contribution >= 4 is 5.91 Å². The standard InChI is InChI=1S/C18H30N6O/c1-11-9-15(21-18(20-11)14-5-4-8-19-10-14)6-7-16(25)22-17-12(2)23-24-13(17)3/h9,12-14,17,19,23-24H,4-8,10H2,1-3H3,(H,22,25). The molecular formula is C18H30N6O. The van der Waals surface area contributed by atoms with Crippen LogP contribution in [0.15, 0.2) is 6.07 Å². The minimum Gasteiger partial charge on any atom is -0.350 e. The van der Waals surface area contributed by atoms with Gasteiger partial charge in [0.2, 0.25) is 5.91 Å². The van der Waals surface area contributed by atoms with Gasteiger partial charge in [0.25, 0.3) is 0 Å². The number of hydrogen-bond donors (Lipinski definition) is 4. The van der Waals surface area contributed by atoms with Gasteiger partial charge in [-0.2, -0.15) is 0 Å². The number of aryl methyl sites for hydroxylation is 2. The van der Waals surface area contributed by atoms with Crippen molar-refractivity contribution in [1.82, 2.24) is 31.5 Å². The number of rotatable bonds is 5. The van der Waals surface area contributed by atoms with Crippen LogP contribution in [0.5, 0.6) is 0 Å². The summed E-state index contributed by atoms with van der Waals surface area (Å²) in [6.07, 6.45) is 3.40. The highest BCUT2D eigenvalue weighted by Crippen LogP contribution is 2.20. The first kappa shape index (κ1) is 18.2. The van der Waals surface area contributed by atoms with Gasteiger partial charge in [-0.05, 0) is 52.6 Å². The number of nitrogens with one attached hydrogen (secondary N) is 4. The largest absolute Gasteiger partial charge is 0.350 e. The van der Waals surface area contributed by atoms with Crippen LogP contribution in [-0.2, 0) is 11.2 Å². The van der Waals surface area contributed by atoms with Crippen LogP contribution in [-0.4, -0.2) is 47.1 Å². The molecule has 3 atom stereocenters. The van der Waals surface area contributed by atoms with E-state index in [9.17, 15) is 4.79 Å². The summed E-state index contributed by atoms with van der Waals surface area (Å²) < 4.78 is 0. The summed E-state index contributed by atoms with van der Waals surface area (Å²) in [6, 6.07) is 2.57. The fourth-order valence-electron chi connectivity index (χ4n) is 3.67. The Labute approximate surface area is 149 Å². The monoisotopic (exact) mass is 346 g/mol. The molecule has 2 fully saturated rings. The van der Waals surface area contributed by atoms with E-state index in [2.05, 4.69) is 40.3 Å². The minimum absolute atomic E-state index is 0.0753. The van der Waals surface area contributed by atoms with Crippen molar-refractivity contribution in [3.8, 4) is 0 Å². The van der Waals surface area contributed by atoms with Gasteiger partial charge in [0.1, 0.15) is 5.82 Å². The molecule has 0 spiro atoms. The number of hydrogen-bond acceptors (Lipinski definition) is 6. The number of piperidine rings is 1. The molecule has 7 heteroatoms. The van der Waals surface area contributed by atoms with Crippen molar-refractivity contribution in [2.24, 2.45) is 0 Å². The zero-order valence-electron chi connectivity index (χ0n) is 15.4. The summed E-state index contributed by atoms with van der Waals surface area (Å²) in [7, 11) is 0. The molecule has 1 aromatic heterocycles. The van der Waals surface area contributed by atoms with Gasteiger partial charge in [-0.1, -0.05) is 0 Å². The van der Waals surface area contributed by atoms with Gasteiger partial charge in [-0.25, -0.2) is 9.97 Å². The highest BCUT2D eigenvalue weighted by Gasteiger charge is 2.30. The van der Waals surface area contributed by atoms with Crippen molar-refractivity contribution in [3.63, 3.8) is 0 Å². The van der Waals surface area contributed by atoms with Crippen molar-refractivity contribution in [2.45, 2.75) is 70.5 Å². The van der Waals surface area contributed by atoms with Gasteiger partial charge in [-0.15, -0.1) is 0 Å². The minimum atomic E-state index is 0.0753. The molecule has 138 valence electrons. The SMILES string of the molecule is Cc1cc(CCC(=O)NC2C(C)NNC2C)nc(C2CCCNC2)n1. The van der Waals surface area contributed by atoms with Gasteiger partial charge >= 0.3 is 0 Å². The molecule has 0 saturated carbocycles. The molecule has 0 aliphatic carbocycles. The first-order chi connectivity index (χ1) is 12.0. The third-order valence-electron chi connectivity index (χ3n) is 5.14. The molecule has 1 amide bonds. The fraction of sp³-hybridized carbons (Fsp3) is 0.722. The highest BCUT2D eigenvalue weighted by molar-refractivity contribution is 5.76. The third-order valence-corrected chi connectivity index (χ3v) is 5.14. The molecule has 25 heavy (non-hydrogen) atoms. The maximum atomic E-state index is 12.3. The molecule has 4 N–H and O–H groups in total. The Kier molecular flexibility index (Phi) is 5.98. The van der Waals surface area contributed by atoms with E-state index in [1.807, 2.05) is 13.0 Å². The molecule has 2 aliphatic heterocycles. The predicted octanol–water partition coefficient (Wildman–Crippen LogP) is 0.554. The Hall–Kier alpha value is -1.57. The van der Waals surface area contributed by atoms with Gasteiger partial charge < -0.3 is 10.6 Å². The number of amides is 1. The molecule has 3 rings (SSSR count). The molecule has 7 nitrogen and oxygen atoms in total. The van der Waals surface area contributed by atoms with E-state index in [0.29, 0.717) is 18.8 Å². The fourth-order valence-corrected chi connectivity index (χ4v) is 3.67. The lowest BCUT2D eigenvalue weighted by Crippen LogP contribution is -2.46. The van der Waals surface area contributed by atoms with Crippen molar-refractivity contribution in [3.05, 3.63) is 23.3 Å². The van der Waals surface area contributed by atoms with Gasteiger partial charge in [0.05, 0.1) is 6.04 Å². The zero-order valence-corrected chi connectivity index (χ0v) is 15.4. The van der Waals surface area contributed by atoms with E-state index in [1.165, 1.54) is 6.42 Å². The second-order valence-electron chi connectivity index (χ2n) is 7.36. The Morgan fingerprint density at radius 3 is 2.72 bits per heavy atom. The molecular weight excluding hydrogens is 316 g/mol. The van der Waals surface area contributed by atoms with E-state index >= 15 is 0 Å². The molecule has 0 radical (unpaired) electrons. The lowest BCUT2D eigenvalue weighted by Gasteiger charge is -2.22. The summed E-state index contributed by atoms with van der Waals surface area (Å²) in [5.74, 6) is 1.39. The van der Waals surface area contributed by atoms with E-state index in [4.69, 9.17) is 4.98 Å². The van der Waals surface area contributed by atoms with Gasteiger partial charge in [0.15, 0.2) is 0 Å². The van der Waals surface area contributed by atoms with Crippen LogP contribution < -0.4 is 21.5 Å². The van der Waals surface area contributed by atoms with E-state index < -0.39 is 0 Å². The lowest BCUT2D eigenvalue weighted by molar-refractivity contribution is -0.121. The summed E-state index contributed by atoms with van der Waals surface area (Å²) in [6.45, 7) is 8.17. The quantitative estimate of drug-likeness (QED) is 0.623. The Morgan fingerprint density at radius 1 is 1.28 bits per heavy atom. The van der Waals surface area contributed by atoms with E-state index in [0.717, 1.165) is 36.7 Å². The maximum Gasteiger partial charge on any atom is 0.220 e. The highest BCUT2D eigenvalue weighted by atomic mass is 16.1. The third kappa shape index (κ3) is 4.74. The summed E-state index contributed by atoms with van der Waals surface area (Å²) in [5, 5.41) is 6.54. The van der Waals surface area contributed by atoms with Crippen LogP contribution in [0.2, 0.25) is 0 Å². The normalized spacial score (nSPS) is 29.6. The number of carbonyl (C=O) groups is 1. The predicted molar refractivity (Wildman–Crippen MR) is 97.1 cm³/mol. The molecule has 3 unspecified atom stereocenters. The van der Waals surface area contributed by atoms with Crippen LogP contribution >= 0.6 is 0 Å². The van der Waals surface area contributed by atoms with E-state index in [-0.39, 0.29) is 24.0 Å². The van der Waals surface area contributed by atoms with Crippen LogP contribution in [0.3, 0.4) is 0 Å². The Morgan fingerprint density at radius 2 is 2.04 bits per heavy atom. The second-order valence-corrected chi connectivity index (χ2v) is 7.36. The summed E-state index contributed by atoms with van der Waals surface area (Å²) >= 11 is 0. The lowest BCUT2D eigenvalue weighted by atomic mass is 9.98. The first-order valence-corrected chi connectivity index (χ1v) is 9.38. The number of hydrazine groups is 1. The van der Waals surface area contributed by atoms with Crippen LogP contribution in [0.25, 0.3) is 0 Å². The van der Waals surface area contributed by atoms with Crippen molar-refractivity contribution in [1.29, 1.82) is 0 Å². The summed E-state index contributed by atoms with van der Waals surface area (Å²) in [5.41, 5.74) is 8.27. The number of nitrogens with zero attached hydrogens (tertiary/aromatic N) is 2. The molecule has 0 aromatic carbocycles. The second kappa shape index (κ2) is 8.21. The molecule has 3 heterocycles. The molecule has 0 bridgehead atoms. The Balaban J connectivity index is 1.57. The average molecular weight is 346 g/mol. The number of carbonyl (C=O) groups excluding carboxylic acids is 1. The van der Waals surface area contributed by atoms with E-state index in [1.54, 1.807) is 0 Å². The number of aromatic nitrogens is 2.